The number of nitrogens with zero attached hydrogens (tertiary/aromatic N) is 2. The van der Waals surface area contributed by atoms with Crippen LogP contribution in [-0.2, 0) is 30.3 Å². The second kappa shape index (κ2) is 12.3. The van der Waals surface area contributed by atoms with Crippen LogP contribution in [0.5, 0.6) is 0 Å². The number of hydrogen-bond acceptors (Lipinski definition) is 6. The Labute approximate surface area is 238 Å². The van der Waals surface area contributed by atoms with E-state index in [-0.39, 0.29) is 30.9 Å². The predicted molar refractivity (Wildman–Crippen MR) is 152 cm³/mol. The van der Waals surface area contributed by atoms with Crippen molar-refractivity contribution in [1.82, 2.24) is 9.80 Å². The molecule has 1 aromatic carbocycles. The maximum Gasteiger partial charge on any atom is 0.313 e. The quantitative estimate of drug-likeness (QED) is 0.216. The van der Waals surface area contributed by atoms with Crippen LogP contribution in [0, 0.1) is 17.8 Å². The van der Waals surface area contributed by atoms with Gasteiger partial charge in [-0.15, -0.1) is 6.58 Å². The fourth-order valence-electron chi connectivity index (χ4n) is 7.25. The highest BCUT2D eigenvalue weighted by molar-refractivity contribution is 5.99. The molecule has 3 heterocycles. The molecule has 3 aliphatic heterocycles. The van der Waals surface area contributed by atoms with Crippen molar-refractivity contribution >= 4 is 17.8 Å². The molecule has 0 aliphatic carbocycles. The van der Waals surface area contributed by atoms with E-state index in [4.69, 9.17) is 9.47 Å². The summed E-state index contributed by atoms with van der Waals surface area (Å²) < 4.78 is 12.3. The molecule has 218 valence electrons. The van der Waals surface area contributed by atoms with E-state index in [1.165, 1.54) is 6.08 Å². The van der Waals surface area contributed by atoms with Crippen molar-refractivity contribution in [2.45, 2.75) is 76.2 Å². The maximum absolute atomic E-state index is 14.5. The van der Waals surface area contributed by atoms with E-state index in [2.05, 4.69) is 20.1 Å². The highest BCUT2D eigenvalue weighted by Gasteiger charge is 2.80. The first-order chi connectivity index (χ1) is 19.2. The van der Waals surface area contributed by atoms with Gasteiger partial charge in [0, 0.05) is 13.1 Å². The van der Waals surface area contributed by atoms with Crippen molar-refractivity contribution in [1.29, 1.82) is 0 Å². The van der Waals surface area contributed by atoms with Crippen molar-refractivity contribution in [3.05, 3.63) is 61.2 Å². The van der Waals surface area contributed by atoms with Gasteiger partial charge in [0.25, 0.3) is 0 Å². The minimum absolute atomic E-state index is 0.0254. The van der Waals surface area contributed by atoms with Gasteiger partial charge in [-0.05, 0) is 37.7 Å². The number of esters is 1. The van der Waals surface area contributed by atoms with Crippen LogP contribution in [0.3, 0.4) is 0 Å². The molecule has 0 aromatic heterocycles. The standard InChI is InChI=1S/C32H44N2O6/c1-6-9-13-17-33(16-7-2)29(37)27-32-20-22(4)31(5,40-32)26(30(38)39-18-8-3)25(32)28(36)34(27)24(21-35)19-23-14-11-10-12-15-23/h7-8,10-12,14-15,22,24-27,35H,2-3,6,9,13,16-21H2,1,4-5H3/t22?,24-,25+,26+,27?,31-,32?/m1/s1. The number of carbonyl (C=O) groups excluding carboxylic acids is 3. The van der Waals surface area contributed by atoms with E-state index in [1.54, 1.807) is 15.9 Å². The molecule has 3 saturated heterocycles. The highest BCUT2D eigenvalue weighted by Crippen LogP contribution is 2.65. The lowest BCUT2D eigenvalue weighted by Crippen LogP contribution is -2.59. The van der Waals surface area contributed by atoms with Gasteiger partial charge < -0.3 is 24.4 Å². The third-order valence-corrected chi connectivity index (χ3v) is 9.19. The van der Waals surface area contributed by atoms with E-state index < -0.39 is 41.1 Å². The zero-order valence-electron chi connectivity index (χ0n) is 24.1. The minimum atomic E-state index is -1.20. The second-order valence-corrected chi connectivity index (χ2v) is 11.7. The van der Waals surface area contributed by atoms with Crippen LogP contribution in [0.4, 0.5) is 0 Å². The number of unbranched alkanes of at least 4 members (excludes halogenated alkanes) is 2. The lowest BCUT2D eigenvalue weighted by atomic mass is 9.62. The van der Waals surface area contributed by atoms with Crippen molar-refractivity contribution < 1.29 is 29.0 Å². The normalized spacial score (nSPS) is 31.1. The van der Waals surface area contributed by atoms with Crippen molar-refractivity contribution in [2.24, 2.45) is 17.8 Å². The zero-order valence-corrected chi connectivity index (χ0v) is 24.1. The van der Waals surface area contributed by atoms with Gasteiger partial charge in [-0.25, -0.2) is 0 Å². The maximum atomic E-state index is 14.5. The summed E-state index contributed by atoms with van der Waals surface area (Å²) in [6.45, 7) is 14.0. The second-order valence-electron chi connectivity index (χ2n) is 11.7. The van der Waals surface area contributed by atoms with Crippen LogP contribution >= 0.6 is 0 Å². The monoisotopic (exact) mass is 552 g/mol. The number of amides is 2. The largest absolute Gasteiger partial charge is 0.461 e. The van der Waals surface area contributed by atoms with Crippen LogP contribution in [0.25, 0.3) is 0 Å². The molecule has 8 nitrogen and oxygen atoms in total. The van der Waals surface area contributed by atoms with E-state index in [9.17, 15) is 19.5 Å². The van der Waals surface area contributed by atoms with Gasteiger partial charge in [-0.3, -0.25) is 14.4 Å². The highest BCUT2D eigenvalue weighted by atomic mass is 16.6. The molecule has 1 aromatic rings. The van der Waals surface area contributed by atoms with Gasteiger partial charge in [0.2, 0.25) is 11.8 Å². The van der Waals surface area contributed by atoms with Gasteiger partial charge in [0.1, 0.15) is 24.2 Å². The smallest absolute Gasteiger partial charge is 0.313 e. The number of aliphatic hydroxyl groups is 1. The first-order valence-corrected chi connectivity index (χ1v) is 14.5. The van der Waals surface area contributed by atoms with Gasteiger partial charge in [-0.1, -0.05) is 75.8 Å². The van der Waals surface area contributed by atoms with Gasteiger partial charge in [0.15, 0.2) is 0 Å². The lowest BCUT2D eigenvalue weighted by Gasteiger charge is -2.39. The van der Waals surface area contributed by atoms with Gasteiger partial charge in [-0.2, -0.15) is 0 Å². The number of aliphatic hydroxyl groups excluding tert-OH is 1. The number of carbonyl (C=O) groups is 3. The Morgan fingerprint density at radius 1 is 1.25 bits per heavy atom. The Kier molecular flexibility index (Phi) is 9.20. The molecule has 0 radical (unpaired) electrons. The number of fused-ring (bicyclic) bond motifs is 1. The molecule has 1 spiro atoms. The molecule has 2 bridgehead atoms. The van der Waals surface area contributed by atoms with E-state index in [1.807, 2.05) is 44.2 Å². The SMILES string of the molecule is C=CCOC(=O)[C@@H]1[C@H]2C(=O)N([C@@H](CO)Cc3ccccc3)C(C(=O)N(CC=C)CCCCC)C23CC(C)[C@@]1(C)O3. The lowest BCUT2D eigenvalue weighted by molar-refractivity contribution is -0.163. The van der Waals surface area contributed by atoms with Gasteiger partial charge >= 0.3 is 5.97 Å². The summed E-state index contributed by atoms with van der Waals surface area (Å²) in [5, 5.41) is 10.6. The molecule has 3 fully saturated rings. The Bertz CT molecular complexity index is 1110. The zero-order chi connectivity index (χ0) is 29.1. The number of hydrogen-bond donors (Lipinski definition) is 1. The number of ether oxygens (including phenoxy) is 2. The Hall–Kier alpha value is -2.97. The Morgan fingerprint density at radius 3 is 2.60 bits per heavy atom. The number of likely N-dealkylation sites (tertiary alicyclic amines) is 1. The molecule has 4 rings (SSSR count). The summed E-state index contributed by atoms with van der Waals surface area (Å²) in [7, 11) is 0. The first-order valence-electron chi connectivity index (χ1n) is 14.5. The summed E-state index contributed by atoms with van der Waals surface area (Å²) in [4.78, 5) is 45.8. The van der Waals surface area contributed by atoms with Crippen LogP contribution < -0.4 is 0 Å². The number of benzene rings is 1. The molecule has 3 unspecified atom stereocenters. The Morgan fingerprint density at radius 2 is 1.98 bits per heavy atom. The van der Waals surface area contributed by atoms with E-state index >= 15 is 0 Å². The molecular formula is C32H44N2O6. The average Bonchev–Trinajstić information content (AvgIpc) is 3.46. The van der Waals surface area contributed by atoms with E-state index in [0.717, 1.165) is 24.8 Å². The average molecular weight is 553 g/mol. The molecule has 7 atom stereocenters. The molecular weight excluding hydrogens is 508 g/mol. The van der Waals surface area contributed by atoms with Crippen molar-refractivity contribution in [3.8, 4) is 0 Å². The molecule has 3 aliphatic rings. The topological polar surface area (TPSA) is 96.4 Å². The molecule has 8 heteroatoms. The fourth-order valence-corrected chi connectivity index (χ4v) is 7.25. The molecule has 2 amide bonds. The van der Waals surface area contributed by atoms with Gasteiger partial charge in [0.05, 0.1) is 24.2 Å². The summed E-state index contributed by atoms with van der Waals surface area (Å²) in [6, 6.07) is 7.96. The summed E-state index contributed by atoms with van der Waals surface area (Å²) in [5.74, 6) is -2.93. The predicted octanol–water partition coefficient (Wildman–Crippen LogP) is 3.53. The number of rotatable bonds is 14. The molecule has 0 saturated carbocycles. The van der Waals surface area contributed by atoms with E-state index in [0.29, 0.717) is 25.9 Å². The molecule has 1 N–H and O–H groups in total. The Balaban J connectivity index is 1.81. The minimum Gasteiger partial charge on any atom is -0.461 e. The van der Waals surface area contributed by atoms with Crippen molar-refractivity contribution in [3.63, 3.8) is 0 Å². The first kappa shape index (κ1) is 30.0. The summed E-state index contributed by atoms with van der Waals surface area (Å²) in [5.41, 5.74) is -1.22. The summed E-state index contributed by atoms with van der Waals surface area (Å²) >= 11 is 0. The molecule has 40 heavy (non-hydrogen) atoms. The van der Waals surface area contributed by atoms with Crippen LogP contribution in [-0.4, -0.2) is 82.3 Å². The van der Waals surface area contributed by atoms with Crippen molar-refractivity contribution in [2.75, 3.05) is 26.3 Å². The fraction of sp³-hybridized carbons (Fsp3) is 0.594. The van der Waals surface area contributed by atoms with Crippen LogP contribution in [0.15, 0.2) is 55.6 Å². The van der Waals surface area contributed by atoms with Crippen LogP contribution in [0.1, 0.15) is 52.0 Å². The summed E-state index contributed by atoms with van der Waals surface area (Å²) in [6.07, 6.45) is 6.81. The van der Waals surface area contributed by atoms with Crippen LogP contribution in [0.2, 0.25) is 0 Å². The third kappa shape index (κ3) is 5.00. The third-order valence-electron chi connectivity index (χ3n) is 9.19.